The Morgan fingerprint density at radius 1 is 1.50 bits per heavy atom. The number of halogens is 4. The molecule has 2 nitrogen and oxygen atoms in total. The summed E-state index contributed by atoms with van der Waals surface area (Å²) >= 11 is 4.68. The molecule has 16 heavy (non-hydrogen) atoms. The van der Waals surface area contributed by atoms with E-state index in [-0.39, 0.29) is 6.61 Å². The first kappa shape index (κ1) is 14.0. The van der Waals surface area contributed by atoms with Gasteiger partial charge >= 0.3 is 6.18 Å². The summed E-state index contributed by atoms with van der Waals surface area (Å²) in [6.45, 7) is -1.63. The van der Waals surface area contributed by atoms with Crippen LogP contribution in [0.15, 0.2) is 15.9 Å². The summed E-state index contributed by atoms with van der Waals surface area (Å²) in [4.78, 5) is 0.898. The molecule has 0 spiro atoms. The molecule has 1 rings (SSSR count). The molecular weight excluding hydrogens is 309 g/mol. The Kier molecular flexibility index (Phi) is 5.23. The maximum atomic E-state index is 11.7. The van der Waals surface area contributed by atoms with Gasteiger partial charge in [-0.1, -0.05) is 0 Å². The van der Waals surface area contributed by atoms with Gasteiger partial charge in [0.2, 0.25) is 0 Å². The average molecular weight is 319 g/mol. The fourth-order valence-corrected chi connectivity index (χ4v) is 2.59. The second kappa shape index (κ2) is 6.00. The molecule has 0 bridgehead atoms. The minimum absolute atomic E-state index is 0.300. The molecule has 0 saturated carbocycles. The maximum Gasteiger partial charge on any atom is 0.411 e. The number of thiophene rings is 1. The molecule has 1 unspecified atom stereocenters. The van der Waals surface area contributed by atoms with E-state index in [1.54, 1.807) is 0 Å². The first-order valence-corrected chi connectivity index (χ1v) is 6.09. The molecule has 0 aliphatic heterocycles. The molecule has 0 saturated heterocycles. The molecule has 1 aromatic rings. The fraction of sp³-hybridized carbons (Fsp3) is 0.556. The van der Waals surface area contributed by atoms with E-state index in [0.717, 1.165) is 9.35 Å². The lowest BCUT2D eigenvalue weighted by atomic mass is 10.2. The highest BCUT2D eigenvalue weighted by atomic mass is 79.9. The largest absolute Gasteiger partial charge is 0.411 e. The van der Waals surface area contributed by atoms with Crippen LogP contribution in [0.1, 0.15) is 4.88 Å². The smallest absolute Gasteiger partial charge is 0.390 e. The van der Waals surface area contributed by atoms with Crippen LogP contribution < -0.4 is 0 Å². The minimum Gasteiger partial charge on any atom is -0.390 e. The van der Waals surface area contributed by atoms with Crippen LogP contribution >= 0.6 is 27.3 Å². The summed E-state index contributed by atoms with van der Waals surface area (Å²) in [6, 6.07) is 1.82. The summed E-state index contributed by atoms with van der Waals surface area (Å²) in [6.07, 6.45) is -4.95. The lowest BCUT2D eigenvalue weighted by Crippen LogP contribution is -2.23. The van der Waals surface area contributed by atoms with Crippen LogP contribution in [0, 0.1) is 0 Å². The second-order valence-electron chi connectivity index (χ2n) is 3.22. The standard InChI is InChI=1S/C9H10BrF3O2S/c10-6-1-8(16-4-6)2-7(14)3-15-5-9(11,12)13/h1,4,7,14H,2-3,5H2. The van der Waals surface area contributed by atoms with Crippen molar-refractivity contribution in [2.24, 2.45) is 0 Å². The number of hydrogen-bond acceptors (Lipinski definition) is 3. The molecule has 7 heteroatoms. The third-order valence-corrected chi connectivity index (χ3v) is 3.35. The molecule has 0 radical (unpaired) electrons. The Balaban J connectivity index is 2.23. The molecule has 0 amide bonds. The summed E-state index contributed by atoms with van der Waals surface area (Å²) in [7, 11) is 0. The van der Waals surface area contributed by atoms with Gasteiger partial charge < -0.3 is 9.84 Å². The summed E-state index contributed by atoms with van der Waals surface area (Å²) in [5, 5.41) is 11.3. The van der Waals surface area contributed by atoms with E-state index in [2.05, 4.69) is 20.7 Å². The van der Waals surface area contributed by atoms with Crippen LogP contribution in [0.3, 0.4) is 0 Å². The summed E-state index contributed by atoms with van der Waals surface area (Å²) < 4.78 is 40.4. The predicted molar refractivity (Wildman–Crippen MR) is 58.6 cm³/mol. The van der Waals surface area contributed by atoms with Gasteiger partial charge in [-0.2, -0.15) is 13.2 Å². The zero-order chi connectivity index (χ0) is 12.2. The third kappa shape index (κ3) is 5.83. The van der Waals surface area contributed by atoms with Gasteiger partial charge in [0.1, 0.15) is 6.61 Å². The highest BCUT2D eigenvalue weighted by Gasteiger charge is 2.27. The Morgan fingerprint density at radius 3 is 2.69 bits per heavy atom. The van der Waals surface area contributed by atoms with Crippen LogP contribution in [-0.2, 0) is 11.2 Å². The van der Waals surface area contributed by atoms with Crippen LogP contribution in [0.2, 0.25) is 0 Å². The monoisotopic (exact) mass is 318 g/mol. The lowest BCUT2D eigenvalue weighted by molar-refractivity contribution is -0.178. The first-order chi connectivity index (χ1) is 7.37. The maximum absolute atomic E-state index is 11.7. The van der Waals surface area contributed by atoms with Crippen molar-refractivity contribution in [2.45, 2.75) is 18.7 Å². The van der Waals surface area contributed by atoms with Gasteiger partial charge in [-0.15, -0.1) is 11.3 Å². The van der Waals surface area contributed by atoms with Gasteiger partial charge in [0, 0.05) is 21.2 Å². The van der Waals surface area contributed by atoms with Gasteiger partial charge in [0.05, 0.1) is 12.7 Å². The number of aliphatic hydroxyl groups excluding tert-OH is 1. The zero-order valence-corrected chi connectivity index (χ0v) is 10.5. The van der Waals surface area contributed by atoms with E-state index in [1.807, 2.05) is 11.4 Å². The lowest BCUT2D eigenvalue weighted by Gasteiger charge is -2.11. The van der Waals surface area contributed by atoms with Crippen molar-refractivity contribution in [3.05, 3.63) is 20.8 Å². The Bertz CT molecular complexity index is 327. The molecule has 0 aliphatic rings. The predicted octanol–water partition coefficient (Wildman–Crippen LogP) is 2.99. The van der Waals surface area contributed by atoms with Crippen molar-refractivity contribution < 1.29 is 23.0 Å². The quantitative estimate of drug-likeness (QED) is 0.904. The SMILES string of the molecule is OC(COCC(F)(F)F)Cc1cc(Br)cs1. The fourth-order valence-electron chi connectivity index (χ4n) is 1.06. The molecule has 1 atom stereocenters. The van der Waals surface area contributed by atoms with Crippen LogP contribution in [-0.4, -0.2) is 30.6 Å². The van der Waals surface area contributed by atoms with Gasteiger partial charge in [-0.05, 0) is 22.0 Å². The Labute approximate surface area is 103 Å². The van der Waals surface area contributed by atoms with Crippen molar-refractivity contribution in [3.63, 3.8) is 0 Å². The normalized spacial score (nSPS) is 14.1. The zero-order valence-electron chi connectivity index (χ0n) is 8.13. The van der Waals surface area contributed by atoms with E-state index in [9.17, 15) is 18.3 Å². The van der Waals surface area contributed by atoms with Crippen LogP contribution in [0.5, 0.6) is 0 Å². The van der Waals surface area contributed by atoms with Crippen LogP contribution in [0.25, 0.3) is 0 Å². The number of ether oxygens (including phenoxy) is 1. The Morgan fingerprint density at radius 2 is 2.19 bits per heavy atom. The van der Waals surface area contributed by atoms with E-state index in [0.29, 0.717) is 6.42 Å². The first-order valence-electron chi connectivity index (χ1n) is 4.42. The Hall–Kier alpha value is -0.110. The molecule has 0 aliphatic carbocycles. The summed E-state index contributed by atoms with van der Waals surface area (Å²) in [5.41, 5.74) is 0. The second-order valence-corrected chi connectivity index (χ2v) is 5.13. The molecular formula is C9H10BrF3O2S. The highest BCUT2D eigenvalue weighted by molar-refractivity contribution is 9.10. The van der Waals surface area contributed by atoms with Gasteiger partial charge in [0.15, 0.2) is 0 Å². The van der Waals surface area contributed by atoms with E-state index in [1.165, 1.54) is 11.3 Å². The van der Waals surface area contributed by atoms with Crippen molar-refractivity contribution in [1.82, 2.24) is 0 Å². The average Bonchev–Trinajstić information content (AvgIpc) is 2.48. The third-order valence-electron chi connectivity index (χ3n) is 1.63. The van der Waals surface area contributed by atoms with Crippen LogP contribution in [0.4, 0.5) is 13.2 Å². The van der Waals surface area contributed by atoms with Crippen molar-refractivity contribution in [2.75, 3.05) is 13.2 Å². The number of hydrogen-bond donors (Lipinski definition) is 1. The number of alkyl halides is 3. The van der Waals surface area contributed by atoms with Gasteiger partial charge in [0.25, 0.3) is 0 Å². The topological polar surface area (TPSA) is 29.5 Å². The van der Waals surface area contributed by atoms with Gasteiger partial charge in [-0.3, -0.25) is 0 Å². The van der Waals surface area contributed by atoms with Crippen molar-refractivity contribution >= 4 is 27.3 Å². The molecule has 0 fully saturated rings. The molecule has 1 N–H and O–H groups in total. The minimum atomic E-state index is -4.34. The summed E-state index contributed by atoms with van der Waals surface area (Å²) in [5.74, 6) is 0. The number of rotatable bonds is 5. The molecule has 1 aromatic heterocycles. The van der Waals surface area contributed by atoms with E-state index < -0.39 is 18.9 Å². The number of aliphatic hydroxyl groups is 1. The molecule has 92 valence electrons. The molecule has 0 aromatic carbocycles. The highest BCUT2D eigenvalue weighted by Crippen LogP contribution is 2.21. The van der Waals surface area contributed by atoms with Crippen molar-refractivity contribution in [1.29, 1.82) is 0 Å². The van der Waals surface area contributed by atoms with E-state index in [4.69, 9.17) is 0 Å². The van der Waals surface area contributed by atoms with E-state index >= 15 is 0 Å². The molecule has 1 heterocycles. The van der Waals surface area contributed by atoms with Crippen molar-refractivity contribution in [3.8, 4) is 0 Å². The van der Waals surface area contributed by atoms with Gasteiger partial charge in [-0.25, -0.2) is 0 Å².